The first-order valence-corrected chi connectivity index (χ1v) is 4.52. The maximum Gasteiger partial charge on any atom is 0.169 e. The van der Waals surface area contributed by atoms with Crippen LogP contribution in [-0.4, -0.2) is 32.0 Å². The molecule has 4 nitrogen and oxygen atoms in total. The van der Waals surface area contributed by atoms with Crippen molar-refractivity contribution in [1.29, 1.82) is 0 Å². The van der Waals surface area contributed by atoms with Crippen molar-refractivity contribution in [3.8, 4) is 0 Å². The predicted molar refractivity (Wildman–Crippen MR) is 53.7 cm³/mol. The van der Waals surface area contributed by atoms with E-state index < -0.39 is 0 Å². The van der Waals surface area contributed by atoms with Crippen LogP contribution in [0, 0.1) is 0 Å². The van der Waals surface area contributed by atoms with Gasteiger partial charge in [-0.2, -0.15) is 0 Å². The number of nitrogens with zero attached hydrogens (tertiary/aromatic N) is 1. The van der Waals surface area contributed by atoms with Crippen molar-refractivity contribution in [2.45, 2.75) is 12.8 Å². The van der Waals surface area contributed by atoms with Crippen LogP contribution in [0.2, 0.25) is 0 Å². The lowest BCUT2D eigenvalue weighted by atomic mass is 10.3. The van der Waals surface area contributed by atoms with Gasteiger partial charge < -0.3 is 14.8 Å². The van der Waals surface area contributed by atoms with Gasteiger partial charge in [0.2, 0.25) is 0 Å². The van der Waals surface area contributed by atoms with Crippen LogP contribution in [-0.2, 0) is 16.0 Å². The van der Waals surface area contributed by atoms with E-state index in [9.17, 15) is 0 Å². The van der Waals surface area contributed by atoms with Crippen LogP contribution < -0.4 is 5.32 Å². The Hall–Kier alpha value is -0.970. The zero-order chi connectivity index (χ0) is 10.2. The van der Waals surface area contributed by atoms with Gasteiger partial charge >= 0.3 is 0 Å². The molecule has 0 atom stereocenters. The van der Waals surface area contributed by atoms with Gasteiger partial charge in [-0.05, 0) is 11.6 Å². The van der Waals surface area contributed by atoms with Crippen molar-refractivity contribution in [3.63, 3.8) is 0 Å². The first-order chi connectivity index (χ1) is 6.86. The van der Waals surface area contributed by atoms with Crippen molar-refractivity contribution >= 4 is 0 Å². The largest absolute Gasteiger partial charge is 0.355 e. The minimum Gasteiger partial charge on any atom is -0.355 e. The first-order valence-electron chi connectivity index (χ1n) is 4.52. The van der Waals surface area contributed by atoms with Gasteiger partial charge in [-0.3, -0.25) is 4.98 Å². The molecule has 0 saturated carbocycles. The van der Waals surface area contributed by atoms with E-state index in [0.717, 1.165) is 12.1 Å². The Morgan fingerprint density at radius 1 is 1.43 bits per heavy atom. The van der Waals surface area contributed by atoms with Crippen molar-refractivity contribution in [2.24, 2.45) is 0 Å². The number of hydrogen-bond acceptors (Lipinski definition) is 4. The van der Waals surface area contributed by atoms with Crippen molar-refractivity contribution < 1.29 is 9.47 Å². The Morgan fingerprint density at radius 3 is 2.79 bits per heavy atom. The Kier molecular flexibility index (Phi) is 5.14. The Bertz CT molecular complexity index is 237. The highest BCUT2D eigenvalue weighted by Gasteiger charge is 2.02. The highest BCUT2D eigenvalue weighted by molar-refractivity contribution is 5.07. The van der Waals surface area contributed by atoms with E-state index >= 15 is 0 Å². The molecule has 4 heteroatoms. The molecule has 1 heterocycles. The Balaban J connectivity index is 2.21. The van der Waals surface area contributed by atoms with Gasteiger partial charge in [-0.15, -0.1) is 0 Å². The number of nitrogens with one attached hydrogen (secondary N) is 1. The topological polar surface area (TPSA) is 43.4 Å². The minimum absolute atomic E-state index is 0.188. The summed E-state index contributed by atoms with van der Waals surface area (Å²) in [6, 6.07) is 3.94. The van der Waals surface area contributed by atoms with E-state index in [4.69, 9.17) is 9.47 Å². The summed E-state index contributed by atoms with van der Waals surface area (Å²) in [5.74, 6) is 0. The summed E-state index contributed by atoms with van der Waals surface area (Å²) in [4.78, 5) is 4.02. The average molecular weight is 196 g/mol. The molecule has 14 heavy (non-hydrogen) atoms. The van der Waals surface area contributed by atoms with Gasteiger partial charge in [0.05, 0.1) is 0 Å². The molecule has 0 unspecified atom stereocenters. The van der Waals surface area contributed by atoms with Crippen LogP contribution in [0.15, 0.2) is 24.5 Å². The molecule has 0 aliphatic rings. The van der Waals surface area contributed by atoms with Gasteiger partial charge in [-0.25, -0.2) is 0 Å². The van der Waals surface area contributed by atoms with E-state index in [-0.39, 0.29) is 6.29 Å². The Morgan fingerprint density at radius 2 is 2.21 bits per heavy atom. The summed E-state index contributed by atoms with van der Waals surface area (Å²) in [7, 11) is 3.25. The summed E-state index contributed by atoms with van der Waals surface area (Å²) in [5, 5.41) is 3.21. The van der Waals surface area contributed by atoms with Crippen LogP contribution >= 0.6 is 0 Å². The zero-order valence-electron chi connectivity index (χ0n) is 8.56. The van der Waals surface area contributed by atoms with E-state index in [1.165, 1.54) is 0 Å². The molecule has 1 aromatic heterocycles. The molecule has 1 N–H and O–H groups in total. The Labute approximate surface area is 84.3 Å². The third kappa shape index (κ3) is 3.83. The number of aromatic nitrogens is 1. The van der Waals surface area contributed by atoms with Crippen LogP contribution in [0.3, 0.4) is 0 Å². The second-order valence-corrected chi connectivity index (χ2v) is 2.89. The van der Waals surface area contributed by atoms with Crippen LogP contribution in [0.25, 0.3) is 0 Å². The molecule has 0 aliphatic carbocycles. The number of ether oxygens (including phenoxy) is 2. The van der Waals surface area contributed by atoms with Crippen LogP contribution in [0.1, 0.15) is 5.56 Å². The highest BCUT2D eigenvalue weighted by Crippen LogP contribution is 1.95. The van der Waals surface area contributed by atoms with Crippen molar-refractivity contribution in [3.05, 3.63) is 30.1 Å². The second kappa shape index (κ2) is 6.48. The van der Waals surface area contributed by atoms with Gasteiger partial charge in [0.25, 0.3) is 0 Å². The standard InChI is InChI=1S/C10H16N2O2/c1-13-10(14-2)8-12-7-9-4-3-5-11-6-9/h3-6,10,12H,7-8H2,1-2H3. The summed E-state index contributed by atoms with van der Waals surface area (Å²) < 4.78 is 10.1. The number of pyridine rings is 1. The fourth-order valence-corrected chi connectivity index (χ4v) is 1.10. The number of rotatable bonds is 6. The zero-order valence-corrected chi connectivity index (χ0v) is 8.56. The molecule has 0 spiro atoms. The lowest BCUT2D eigenvalue weighted by molar-refractivity contribution is -0.0989. The minimum atomic E-state index is -0.188. The second-order valence-electron chi connectivity index (χ2n) is 2.89. The van der Waals surface area contributed by atoms with E-state index in [1.807, 2.05) is 18.3 Å². The summed E-state index contributed by atoms with van der Waals surface area (Å²) in [6.45, 7) is 1.44. The summed E-state index contributed by atoms with van der Waals surface area (Å²) >= 11 is 0. The van der Waals surface area contributed by atoms with Gasteiger partial charge in [0.15, 0.2) is 6.29 Å². The van der Waals surface area contributed by atoms with E-state index in [0.29, 0.717) is 6.54 Å². The van der Waals surface area contributed by atoms with Gasteiger partial charge in [-0.1, -0.05) is 6.07 Å². The van der Waals surface area contributed by atoms with Gasteiger partial charge in [0.1, 0.15) is 0 Å². The lowest BCUT2D eigenvalue weighted by Crippen LogP contribution is -2.29. The molecular formula is C10H16N2O2. The number of methoxy groups -OCH3 is 2. The summed E-state index contributed by atoms with van der Waals surface area (Å²) in [6.07, 6.45) is 3.41. The molecule has 1 aromatic rings. The van der Waals surface area contributed by atoms with Crippen LogP contribution in [0.4, 0.5) is 0 Å². The fraction of sp³-hybridized carbons (Fsp3) is 0.500. The quantitative estimate of drug-likeness (QED) is 0.683. The molecule has 0 radical (unpaired) electrons. The molecular weight excluding hydrogens is 180 g/mol. The smallest absolute Gasteiger partial charge is 0.169 e. The van der Waals surface area contributed by atoms with E-state index in [2.05, 4.69) is 10.3 Å². The molecule has 0 aromatic carbocycles. The maximum absolute atomic E-state index is 5.04. The highest BCUT2D eigenvalue weighted by atomic mass is 16.7. The number of hydrogen-bond donors (Lipinski definition) is 1. The maximum atomic E-state index is 5.04. The summed E-state index contributed by atoms with van der Waals surface area (Å²) in [5.41, 5.74) is 1.15. The van der Waals surface area contributed by atoms with Crippen molar-refractivity contribution in [1.82, 2.24) is 10.3 Å². The molecule has 0 bridgehead atoms. The molecule has 78 valence electrons. The molecule has 0 amide bonds. The molecule has 0 aliphatic heterocycles. The molecule has 0 saturated heterocycles. The first kappa shape index (κ1) is 11.1. The average Bonchev–Trinajstić information content (AvgIpc) is 2.26. The third-order valence-corrected chi connectivity index (χ3v) is 1.89. The van der Waals surface area contributed by atoms with Gasteiger partial charge in [0, 0.05) is 39.7 Å². The third-order valence-electron chi connectivity index (χ3n) is 1.89. The predicted octanol–water partition coefficient (Wildman–Crippen LogP) is 0.790. The van der Waals surface area contributed by atoms with Crippen molar-refractivity contribution in [2.75, 3.05) is 20.8 Å². The monoisotopic (exact) mass is 196 g/mol. The normalized spacial score (nSPS) is 10.8. The SMILES string of the molecule is COC(CNCc1cccnc1)OC. The fourth-order valence-electron chi connectivity index (χ4n) is 1.10. The lowest BCUT2D eigenvalue weighted by Gasteiger charge is -2.13. The van der Waals surface area contributed by atoms with Crippen LogP contribution in [0.5, 0.6) is 0 Å². The molecule has 1 rings (SSSR count). The molecule has 0 fully saturated rings. The van der Waals surface area contributed by atoms with E-state index in [1.54, 1.807) is 20.4 Å².